The first-order valence-corrected chi connectivity index (χ1v) is 6.91. The van der Waals surface area contributed by atoms with E-state index in [0.717, 1.165) is 0 Å². The van der Waals surface area contributed by atoms with Crippen molar-refractivity contribution in [2.45, 2.75) is 6.92 Å². The van der Waals surface area contributed by atoms with Gasteiger partial charge in [-0.3, -0.25) is 10.1 Å². The van der Waals surface area contributed by atoms with Crippen LogP contribution >= 0.6 is 0 Å². The van der Waals surface area contributed by atoms with Crippen molar-refractivity contribution in [1.82, 2.24) is 9.71 Å². The molecule has 0 amide bonds. The maximum atomic E-state index is 11.3. The van der Waals surface area contributed by atoms with E-state index in [2.05, 4.69) is 15.0 Å². The SMILES string of the molecule is CCNS(=O)(=O)CCNc1cc([N+](=O)[O-])ccn1. The van der Waals surface area contributed by atoms with Crippen LogP contribution in [-0.4, -0.2) is 37.2 Å². The van der Waals surface area contributed by atoms with Gasteiger partial charge in [0.05, 0.1) is 16.7 Å². The second kappa shape index (κ2) is 6.26. The molecule has 0 saturated carbocycles. The lowest BCUT2D eigenvalue weighted by Gasteiger charge is -2.06. The van der Waals surface area contributed by atoms with Gasteiger partial charge in [0.1, 0.15) is 5.82 Å². The summed E-state index contributed by atoms with van der Waals surface area (Å²) in [5, 5.41) is 13.2. The monoisotopic (exact) mass is 274 g/mol. The van der Waals surface area contributed by atoms with Gasteiger partial charge < -0.3 is 5.32 Å². The molecule has 0 radical (unpaired) electrons. The second-order valence-electron chi connectivity index (χ2n) is 3.40. The zero-order valence-corrected chi connectivity index (χ0v) is 10.6. The Hall–Kier alpha value is -1.74. The topological polar surface area (TPSA) is 114 Å². The van der Waals surface area contributed by atoms with Crippen LogP contribution in [0.1, 0.15) is 6.92 Å². The predicted octanol–water partition coefficient (Wildman–Crippen LogP) is 0.341. The Labute approximate surface area is 105 Å². The maximum absolute atomic E-state index is 11.3. The van der Waals surface area contributed by atoms with E-state index in [1.54, 1.807) is 6.92 Å². The van der Waals surface area contributed by atoms with E-state index >= 15 is 0 Å². The first-order chi connectivity index (χ1) is 8.44. The molecule has 18 heavy (non-hydrogen) atoms. The van der Waals surface area contributed by atoms with Crippen molar-refractivity contribution in [2.24, 2.45) is 0 Å². The summed E-state index contributed by atoms with van der Waals surface area (Å²) in [6, 6.07) is 2.51. The van der Waals surface area contributed by atoms with Crippen molar-refractivity contribution in [3.05, 3.63) is 28.4 Å². The average Bonchev–Trinajstić information content (AvgIpc) is 2.29. The number of rotatable bonds is 7. The highest BCUT2D eigenvalue weighted by Crippen LogP contribution is 2.13. The minimum absolute atomic E-state index is 0.0953. The Morgan fingerprint density at radius 3 is 2.83 bits per heavy atom. The average molecular weight is 274 g/mol. The normalized spacial score (nSPS) is 11.2. The summed E-state index contributed by atoms with van der Waals surface area (Å²) in [5.74, 6) is 0.154. The molecular weight excluding hydrogens is 260 g/mol. The molecule has 0 unspecified atom stereocenters. The van der Waals surface area contributed by atoms with Crippen molar-refractivity contribution < 1.29 is 13.3 Å². The minimum Gasteiger partial charge on any atom is -0.369 e. The standard InChI is InChI=1S/C9H14N4O4S/c1-2-12-18(16,17)6-5-11-9-7-8(13(14)15)3-4-10-9/h3-4,7,12H,2,5-6H2,1H3,(H,10,11). The van der Waals surface area contributed by atoms with Gasteiger partial charge in [0.15, 0.2) is 0 Å². The lowest BCUT2D eigenvalue weighted by molar-refractivity contribution is -0.384. The predicted molar refractivity (Wildman–Crippen MR) is 66.8 cm³/mol. The number of sulfonamides is 1. The van der Waals surface area contributed by atoms with Crippen molar-refractivity contribution >= 4 is 21.5 Å². The molecule has 0 spiro atoms. The first-order valence-electron chi connectivity index (χ1n) is 5.26. The smallest absolute Gasteiger partial charge is 0.274 e. The third-order valence-electron chi connectivity index (χ3n) is 2.00. The van der Waals surface area contributed by atoms with Gasteiger partial charge in [-0.05, 0) is 0 Å². The molecule has 8 nitrogen and oxygen atoms in total. The van der Waals surface area contributed by atoms with Crippen LogP contribution in [0.25, 0.3) is 0 Å². The fourth-order valence-corrected chi connectivity index (χ4v) is 2.19. The number of hydrogen-bond acceptors (Lipinski definition) is 6. The quantitative estimate of drug-likeness (QED) is 0.547. The molecule has 100 valence electrons. The van der Waals surface area contributed by atoms with Crippen LogP contribution in [-0.2, 0) is 10.0 Å². The summed E-state index contributed by atoms with van der Waals surface area (Å²) in [4.78, 5) is 13.8. The number of nitrogens with zero attached hydrogens (tertiary/aromatic N) is 2. The van der Waals surface area contributed by atoms with Crippen LogP contribution in [0, 0.1) is 10.1 Å². The second-order valence-corrected chi connectivity index (χ2v) is 5.33. The van der Waals surface area contributed by atoms with Crippen LogP contribution in [0.3, 0.4) is 0 Å². The Morgan fingerprint density at radius 2 is 2.22 bits per heavy atom. The van der Waals surface area contributed by atoms with Gasteiger partial charge >= 0.3 is 0 Å². The third-order valence-corrected chi connectivity index (χ3v) is 3.47. The van der Waals surface area contributed by atoms with E-state index in [1.165, 1.54) is 18.3 Å². The van der Waals surface area contributed by atoms with E-state index in [1.807, 2.05) is 0 Å². The maximum Gasteiger partial charge on any atom is 0.274 e. The molecule has 1 heterocycles. The number of pyridine rings is 1. The molecule has 9 heteroatoms. The van der Waals surface area contributed by atoms with Gasteiger partial charge in [-0.1, -0.05) is 6.92 Å². The Balaban J connectivity index is 2.54. The molecule has 0 aliphatic heterocycles. The molecule has 1 aromatic heterocycles. The number of anilines is 1. The van der Waals surface area contributed by atoms with Gasteiger partial charge in [-0.2, -0.15) is 0 Å². The third kappa shape index (κ3) is 4.63. The summed E-state index contributed by atoms with van der Waals surface area (Å²) in [6.45, 7) is 2.15. The van der Waals surface area contributed by atoms with E-state index in [-0.39, 0.29) is 23.8 Å². The molecule has 0 aliphatic carbocycles. The largest absolute Gasteiger partial charge is 0.369 e. The van der Waals surface area contributed by atoms with Crippen LogP contribution < -0.4 is 10.0 Å². The fraction of sp³-hybridized carbons (Fsp3) is 0.444. The zero-order valence-electron chi connectivity index (χ0n) is 9.79. The number of hydrogen-bond donors (Lipinski definition) is 2. The molecular formula is C9H14N4O4S. The van der Waals surface area contributed by atoms with Gasteiger partial charge in [0.2, 0.25) is 10.0 Å². The lowest BCUT2D eigenvalue weighted by Crippen LogP contribution is -2.29. The summed E-state index contributed by atoms with van der Waals surface area (Å²) >= 11 is 0. The molecule has 0 atom stereocenters. The fourth-order valence-electron chi connectivity index (χ4n) is 1.24. The van der Waals surface area contributed by atoms with Gasteiger partial charge in [0, 0.05) is 25.4 Å². The van der Waals surface area contributed by atoms with Gasteiger partial charge in [-0.15, -0.1) is 0 Å². The van der Waals surface area contributed by atoms with Crippen molar-refractivity contribution in [1.29, 1.82) is 0 Å². The van der Waals surface area contributed by atoms with Crippen LogP contribution in [0.15, 0.2) is 18.3 Å². The Morgan fingerprint density at radius 1 is 1.50 bits per heavy atom. The van der Waals surface area contributed by atoms with E-state index in [9.17, 15) is 18.5 Å². The Kier molecular flexibility index (Phi) is 4.98. The zero-order chi connectivity index (χ0) is 13.6. The molecule has 0 fully saturated rings. The summed E-state index contributed by atoms with van der Waals surface area (Å²) in [6.07, 6.45) is 1.29. The first kappa shape index (κ1) is 14.3. The molecule has 0 bridgehead atoms. The van der Waals surface area contributed by atoms with Crippen molar-refractivity contribution in [3.63, 3.8) is 0 Å². The molecule has 1 aromatic rings. The van der Waals surface area contributed by atoms with Gasteiger partial charge in [0.25, 0.3) is 5.69 Å². The van der Waals surface area contributed by atoms with Crippen LogP contribution in [0.4, 0.5) is 11.5 Å². The lowest BCUT2D eigenvalue weighted by atomic mass is 10.4. The van der Waals surface area contributed by atoms with Crippen molar-refractivity contribution in [3.8, 4) is 0 Å². The highest BCUT2D eigenvalue weighted by atomic mass is 32.2. The number of nitrogens with one attached hydrogen (secondary N) is 2. The number of nitro groups is 1. The van der Waals surface area contributed by atoms with Crippen LogP contribution in [0.5, 0.6) is 0 Å². The molecule has 2 N–H and O–H groups in total. The molecule has 1 rings (SSSR count). The Bertz CT molecular complexity index is 517. The summed E-state index contributed by atoms with van der Waals surface area (Å²) in [7, 11) is -3.30. The van der Waals surface area contributed by atoms with Crippen molar-refractivity contribution in [2.75, 3.05) is 24.2 Å². The number of aromatic nitrogens is 1. The summed E-state index contributed by atoms with van der Waals surface area (Å²) in [5.41, 5.74) is -0.0953. The van der Waals surface area contributed by atoms with Crippen LogP contribution in [0.2, 0.25) is 0 Å². The van der Waals surface area contributed by atoms with E-state index in [4.69, 9.17) is 0 Å². The molecule has 0 aliphatic rings. The highest BCUT2D eigenvalue weighted by Gasteiger charge is 2.09. The van der Waals surface area contributed by atoms with E-state index < -0.39 is 14.9 Å². The van der Waals surface area contributed by atoms with Gasteiger partial charge in [-0.25, -0.2) is 18.1 Å². The summed E-state index contributed by atoms with van der Waals surface area (Å²) < 4.78 is 25.0. The molecule has 0 aromatic carbocycles. The van der Waals surface area contributed by atoms with E-state index in [0.29, 0.717) is 6.54 Å². The molecule has 0 saturated heterocycles. The minimum atomic E-state index is -3.30. The highest BCUT2D eigenvalue weighted by molar-refractivity contribution is 7.89.